The van der Waals surface area contributed by atoms with Crippen LogP contribution in [0.5, 0.6) is 0 Å². The normalized spacial score (nSPS) is 9.23. The number of nitrogens with zero attached hydrogens (tertiary/aromatic N) is 5. The van der Waals surface area contributed by atoms with E-state index in [1.165, 1.54) is 0 Å². The molecule has 0 aliphatic carbocycles. The van der Waals surface area contributed by atoms with Gasteiger partial charge in [0.05, 0.1) is 6.20 Å². The quantitative estimate of drug-likeness (QED) is 0.238. The maximum Gasteiger partial charge on any atom is 0.114 e. The van der Waals surface area contributed by atoms with E-state index in [-0.39, 0.29) is 0 Å². The highest BCUT2D eigenvalue weighted by Gasteiger charge is 1.93. The van der Waals surface area contributed by atoms with Gasteiger partial charge < -0.3 is 0 Å². The van der Waals surface area contributed by atoms with Crippen LogP contribution < -0.4 is 0 Å². The fourth-order valence-electron chi connectivity index (χ4n) is 0.717. The molecule has 1 aromatic rings. The summed E-state index contributed by atoms with van der Waals surface area (Å²) in [6.07, 6.45) is 5.89. The Morgan fingerprint density at radius 2 is 2.46 bits per heavy atom. The third-order valence-electron chi connectivity index (χ3n) is 1.26. The molecule has 1 rings (SSSR count). The van der Waals surface area contributed by atoms with Crippen LogP contribution >= 0.6 is 11.8 Å². The Balaban J connectivity index is 2.17. The molecule has 68 valence electrons. The van der Waals surface area contributed by atoms with Crippen molar-refractivity contribution in [3.05, 3.63) is 29.0 Å². The van der Waals surface area contributed by atoms with Crippen molar-refractivity contribution in [1.82, 2.24) is 9.97 Å². The van der Waals surface area contributed by atoms with E-state index < -0.39 is 0 Å². The summed E-state index contributed by atoms with van der Waals surface area (Å²) in [5, 5.41) is 4.34. The standard InChI is InChI=1S/C7H9N5S/c8-12-11-2-1-5-13-7-6-9-3-4-10-7/h3-4,6H,1-2,5H2. The Hall–Kier alpha value is -1.26. The van der Waals surface area contributed by atoms with E-state index in [4.69, 9.17) is 5.53 Å². The van der Waals surface area contributed by atoms with Gasteiger partial charge in [0, 0.05) is 23.9 Å². The number of thioether (sulfide) groups is 1. The molecule has 0 saturated carbocycles. The van der Waals surface area contributed by atoms with E-state index in [1.807, 2.05) is 0 Å². The topological polar surface area (TPSA) is 74.5 Å². The highest BCUT2D eigenvalue weighted by atomic mass is 32.2. The smallest absolute Gasteiger partial charge is 0.114 e. The van der Waals surface area contributed by atoms with E-state index >= 15 is 0 Å². The average Bonchev–Trinajstić information content (AvgIpc) is 2.19. The fourth-order valence-corrected chi connectivity index (χ4v) is 1.47. The van der Waals surface area contributed by atoms with Crippen LogP contribution in [0.3, 0.4) is 0 Å². The molecule has 13 heavy (non-hydrogen) atoms. The van der Waals surface area contributed by atoms with Gasteiger partial charge in [0.25, 0.3) is 0 Å². The minimum atomic E-state index is 0.545. The molecule has 0 bridgehead atoms. The first kappa shape index (κ1) is 9.83. The monoisotopic (exact) mass is 195 g/mol. The zero-order chi connectivity index (χ0) is 9.36. The number of aromatic nitrogens is 2. The van der Waals surface area contributed by atoms with Gasteiger partial charge in [-0.3, -0.25) is 4.98 Å². The fraction of sp³-hybridized carbons (Fsp3) is 0.429. The Kier molecular flexibility index (Phi) is 4.74. The van der Waals surface area contributed by atoms with Crippen LogP contribution in [0.2, 0.25) is 0 Å². The van der Waals surface area contributed by atoms with E-state index in [2.05, 4.69) is 20.0 Å². The van der Waals surface area contributed by atoms with Gasteiger partial charge in [0.1, 0.15) is 5.03 Å². The summed E-state index contributed by atoms with van der Waals surface area (Å²) in [6.45, 7) is 0.545. The average molecular weight is 195 g/mol. The maximum atomic E-state index is 8.01. The lowest BCUT2D eigenvalue weighted by Gasteiger charge is -1.96. The van der Waals surface area contributed by atoms with Crippen molar-refractivity contribution in [2.75, 3.05) is 12.3 Å². The summed E-state index contributed by atoms with van der Waals surface area (Å²) in [4.78, 5) is 10.7. The number of rotatable bonds is 5. The first-order chi connectivity index (χ1) is 6.43. The van der Waals surface area contributed by atoms with E-state index in [0.717, 1.165) is 17.2 Å². The van der Waals surface area contributed by atoms with E-state index in [0.29, 0.717) is 6.54 Å². The predicted octanol–water partition coefficient (Wildman–Crippen LogP) is 2.27. The summed E-state index contributed by atoms with van der Waals surface area (Å²) in [5.74, 6) is 0.901. The minimum absolute atomic E-state index is 0.545. The molecule has 0 unspecified atom stereocenters. The highest BCUT2D eigenvalue weighted by Crippen LogP contribution is 2.13. The van der Waals surface area contributed by atoms with Gasteiger partial charge in [-0.25, -0.2) is 4.98 Å². The lowest BCUT2D eigenvalue weighted by atomic mass is 10.5. The summed E-state index contributed by atoms with van der Waals surface area (Å²) >= 11 is 1.61. The second-order valence-corrected chi connectivity index (χ2v) is 3.32. The SMILES string of the molecule is [N-]=[N+]=NCCCSc1cnccn1. The molecule has 0 aliphatic rings. The van der Waals surface area contributed by atoms with E-state index in [9.17, 15) is 0 Å². The Labute approximate surface area is 80.2 Å². The van der Waals surface area contributed by atoms with Crippen LogP contribution in [0.1, 0.15) is 6.42 Å². The van der Waals surface area contributed by atoms with Crippen LogP contribution in [0, 0.1) is 0 Å². The third kappa shape index (κ3) is 4.35. The zero-order valence-electron chi connectivity index (χ0n) is 7.00. The molecule has 6 heteroatoms. The molecule has 1 aromatic heterocycles. The van der Waals surface area contributed by atoms with Crippen LogP contribution in [0.15, 0.2) is 28.7 Å². The van der Waals surface area contributed by atoms with Crippen LogP contribution in [-0.2, 0) is 0 Å². The van der Waals surface area contributed by atoms with Crippen molar-refractivity contribution in [3.63, 3.8) is 0 Å². The molecule has 0 fully saturated rings. The third-order valence-corrected chi connectivity index (χ3v) is 2.25. The molecule has 0 aromatic carbocycles. The second-order valence-electron chi connectivity index (χ2n) is 2.20. The first-order valence-electron chi connectivity index (χ1n) is 3.83. The summed E-state index contributed by atoms with van der Waals surface area (Å²) in [7, 11) is 0. The Morgan fingerprint density at radius 1 is 1.54 bits per heavy atom. The van der Waals surface area contributed by atoms with Gasteiger partial charge in [-0.1, -0.05) is 5.11 Å². The number of hydrogen-bond acceptors (Lipinski definition) is 4. The zero-order valence-corrected chi connectivity index (χ0v) is 7.81. The highest BCUT2D eigenvalue weighted by molar-refractivity contribution is 7.99. The van der Waals surface area contributed by atoms with Gasteiger partial charge >= 0.3 is 0 Å². The van der Waals surface area contributed by atoms with Crippen molar-refractivity contribution in [2.24, 2.45) is 5.11 Å². The molecular weight excluding hydrogens is 186 g/mol. The van der Waals surface area contributed by atoms with Crippen molar-refractivity contribution >= 4 is 11.8 Å². The van der Waals surface area contributed by atoms with Gasteiger partial charge in [0.2, 0.25) is 0 Å². The number of azide groups is 1. The van der Waals surface area contributed by atoms with E-state index in [1.54, 1.807) is 30.4 Å². The largest absolute Gasteiger partial charge is 0.260 e. The Morgan fingerprint density at radius 3 is 3.15 bits per heavy atom. The van der Waals surface area contributed by atoms with Crippen LogP contribution in [-0.4, -0.2) is 22.3 Å². The van der Waals surface area contributed by atoms with Crippen LogP contribution in [0.25, 0.3) is 10.4 Å². The molecule has 0 aliphatic heterocycles. The van der Waals surface area contributed by atoms with Gasteiger partial charge in [-0.2, -0.15) is 0 Å². The molecule has 0 amide bonds. The summed E-state index contributed by atoms with van der Waals surface area (Å²) < 4.78 is 0. The lowest BCUT2D eigenvalue weighted by molar-refractivity contribution is 0.928. The minimum Gasteiger partial charge on any atom is -0.260 e. The second kappa shape index (κ2) is 6.28. The molecular formula is C7H9N5S. The summed E-state index contributed by atoms with van der Waals surface area (Å²) in [6, 6.07) is 0. The maximum absolute atomic E-state index is 8.01. The van der Waals surface area contributed by atoms with Crippen molar-refractivity contribution < 1.29 is 0 Å². The van der Waals surface area contributed by atoms with Gasteiger partial charge in [-0.15, -0.1) is 11.8 Å². The molecule has 0 radical (unpaired) electrons. The predicted molar refractivity (Wildman–Crippen MR) is 51.4 cm³/mol. The molecule has 0 N–H and O–H groups in total. The molecule has 5 nitrogen and oxygen atoms in total. The van der Waals surface area contributed by atoms with Crippen molar-refractivity contribution in [3.8, 4) is 0 Å². The molecule has 1 heterocycles. The molecule has 0 saturated heterocycles. The van der Waals surface area contributed by atoms with Crippen LogP contribution in [0.4, 0.5) is 0 Å². The first-order valence-corrected chi connectivity index (χ1v) is 4.81. The van der Waals surface area contributed by atoms with Crippen molar-refractivity contribution in [1.29, 1.82) is 0 Å². The van der Waals surface area contributed by atoms with Gasteiger partial charge in [-0.05, 0) is 17.7 Å². The van der Waals surface area contributed by atoms with Crippen molar-refractivity contribution in [2.45, 2.75) is 11.4 Å². The molecule has 0 spiro atoms. The summed E-state index contributed by atoms with van der Waals surface area (Å²) in [5.41, 5.74) is 8.01. The van der Waals surface area contributed by atoms with Gasteiger partial charge in [0.15, 0.2) is 0 Å². The Bertz CT molecular complexity index is 282. The molecule has 0 atom stereocenters. The lowest BCUT2D eigenvalue weighted by Crippen LogP contribution is -1.86. The number of hydrogen-bond donors (Lipinski definition) is 0.